The van der Waals surface area contributed by atoms with Gasteiger partial charge in [-0.3, -0.25) is 4.79 Å². The molecule has 0 bridgehead atoms. The fraction of sp³-hybridized carbons (Fsp3) is 0.263. The molecule has 0 aliphatic carbocycles. The molecule has 6 heteroatoms. The molecule has 1 aromatic heterocycles. The number of amides is 1. The number of hydrogen-bond donors (Lipinski definition) is 0. The van der Waals surface area contributed by atoms with E-state index in [9.17, 15) is 4.79 Å². The number of carbonyl (C=O) groups excluding carboxylic acids is 1. The summed E-state index contributed by atoms with van der Waals surface area (Å²) in [6.07, 6.45) is 0. The molecule has 2 aromatic carbocycles. The maximum absolute atomic E-state index is 12.6. The van der Waals surface area contributed by atoms with Crippen LogP contribution < -0.4 is 14.3 Å². The highest BCUT2D eigenvalue weighted by molar-refractivity contribution is 7.16. The van der Waals surface area contributed by atoms with Gasteiger partial charge in [-0.15, -0.1) is 0 Å². The van der Waals surface area contributed by atoms with Crippen LogP contribution in [0.15, 0.2) is 41.4 Å². The van der Waals surface area contributed by atoms with Crippen LogP contribution >= 0.6 is 11.3 Å². The van der Waals surface area contributed by atoms with Crippen molar-refractivity contribution in [3.05, 3.63) is 52.3 Å². The summed E-state index contributed by atoms with van der Waals surface area (Å²) in [7, 11) is 3.22. The van der Waals surface area contributed by atoms with E-state index in [1.54, 1.807) is 20.3 Å². The Hall–Kier alpha value is -2.60. The first-order valence-electron chi connectivity index (χ1n) is 7.99. The monoisotopic (exact) mass is 356 g/mol. The molecular formula is C19H20N2O3S. The van der Waals surface area contributed by atoms with E-state index in [0.29, 0.717) is 28.4 Å². The maximum atomic E-state index is 12.6. The van der Waals surface area contributed by atoms with Crippen molar-refractivity contribution in [3.8, 4) is 11.5 Å². The van der Waals surface area contributed by atoms with Crippen LogP contribution in [0, 0.1) is 6.92 Å². The van der Waals surface area contributed by atoms with Crippen LogP contribution in [0.4, 0.5) is 0 Å². The summed E-state index contributed by atoms with van der Waals surface area (Å²) in [5, 5.41) is 0. The van der Waals surface area contributed by atoms with E-state index in [0.717, 1.165) is 15.8 Å². The third kappa shape index (κ3) is 3.17. The molecule has 0 saturated carbocycles. The second-order valence-electron chi connectivity index (χ2n) is 5.54. The zero-order valence-corrected chi connectivity index (χ0v) is 15.5. The Morgan fingerprint density at radius 2 is 1.84 bits per heavy atom. The van der Waals surface area contributed by atoms with Crippen LogP contribution in [0.1, 0.15) is 22.8 Å². The lowest BCUT2D eigenvalue weighted by Crippen LogP contribution is -2.16. The summed E-state index contributed by atoms with van der Waals surface area (Å²) < 4.78 is 13.8. The number of carbonyl (C=O) groups is 1. The smallest absolute Gasteiger partial charge is 0.279 e. The zero-order valence-electron chi connectivity index (χ0n) is 14.7. The van der Waals surface area contributed by atoms with Gasteiger partial charge >= 0.3 is 0 Å². The highest BCUT2D eigenvalue weighted by atomic mass is 32.1. The molecular weight excluding hydrogens is 336 g/mol. The van der Waals surface area contributed by atoms with Crippen molar-refractivity contribution in [2.45, 2.75) is 20.4 Å². The van der Waals surface area contributed by atoms with Gasteiger partial charge in [0.25, 0.3) is 5.91 Å². The van der Waals surface area contributed by atoms with Crippen molar-refractivity contribution in [1.29, 1.82) is 0 Å². The van der Waals surface area contributed by atoms with Gasteiger partial charge in [-0.05, 0) is 25.5 Å². The molecule has 25 heavy (non-hydrogen) atoms. The van der Waals surface area contributed by atoms with Crippen molar-refractivity contribution in [1.82, 2.24) is 4.57 Å². The van der Waals surface area contributed by atoms with Gasteiger partial charge in [0.15, 0.2) is 16.3 Å². The number of benzene rings is 2. The molecule has 1 amide bonds. The number of aryl methyl sites for hydroxylation is 2. The normalized spacial score (nSPS) is 11.8. The Balaban J connectivity index is 2.19. The average Bonchev–Trinajstić information content (AvgIpc) is 2.96. The molecule has 0 unspecified atom stereocenters. The van der Waals surface area contributed by atoms with Gasteiger partial charge in [-0.1, -0.05) is 29.5 Å². The van der Waals surface area contributed by atoms with E-state index in [2.05, 4.69) is 4.99 Å². The van der Waals surface area contributed by atoms with Crippen LogP contribution in [0.3, 0.4) is 0 Å². The van der Waals surface area contributed by atoms with E-state index >= 15 is 0 Å². The van der Waals surface area contributed by atoms with Gasteiger partial charge in [-0.2, -0.15) is 4.99 Å². The molecule has 0 atom stereocenters. The largest absolute Gasteiger partial charge is 0.493 e. The Kier molecular flexibility index (Phi) is 4.90. The molecule has 0 radical (unpaired) electrons. The number of hydrogen-bond acceptors (Lipinski definition) is 4. The maximum Gasteiger partial charge on any atom is 0.279 e. The molecule has 130 valence electrons. The van der Waals surface area contributed by atoms with Gasteiger partial charge in [-0.25, -0.2) is 0 Å². The molecule has 0 fully saturated rings. The number of fused-ring (bicyclic) bond motifs is 1. The molecule has 0 N–H and O–H groups in total. The lowest BCUT2D eigenvalue weighted by atomic mass is 10.1. The van der Waals surface area contributed by atoms with E-state index in [1.165, 1.54) is 11.3 Å². The number of methoxy groups -OCH3 is 2. The van der Waals surface area contributed by atoms with Crippen LogP contribution in [-0.4, -0.2) is 24.7 Å². The lowest BCUT2D eigenvalue weighted by Gasteiger charge is -2.08. The molecule has 0 saturated heterocycles. The van der Waals surface area contributed by atoms with Gasteiger partial charge in [0.05, 0.1) is 24.4 Å². The minimum Gasteiger partial charge on any atom is -0.493 e. The Labute approximate surface area is 150 Å². The quantitative estimate of drug-likeness (QED) is 0.715. The highest BCUT2D eigenvalue weighted by Gasteiger charge is 2.13. The fourth-order valence-corrected chi connectivity index (χ4v) is 3.85. The van der Waals surface area contributed by atoms with Gasteiger partial charge < -0.3 is 14.0 Å². The van der Waals surface area contributed by atoms with Crippen molar-refractivity contribution in [2.24, 2.45) is 4.99 Å². The predicted molar refractivity (Wildman–Crippen MR) is 99.7 cm³/mol. The first-order chi connectivity index (χ1) is 12.1. The van der Waals surface area contributed by atoms with Gasteiger partial charge in [0.2, 0.25) is 0 Å². The summed E-state index contributed by atoms with van der Waals surface area (Å²) in [6.45, 7) is 4.65. The molecule has 0 aliphatic heterocycles. The zero-order chi connectivity index (χ0) is 18.0. The standard InChI is InChI=1S/C19H20N2O3S/c1-5-21-14-10-15(23-3)16(24-4)11-17(14)25-19(21)20-18(22)13-9-7-6-8-12(13)2/h6-11H,5H2,1-4H3. The minimum atomic E-state index is -0.231. The number of rotatable bonds is 4. The second kappa shape index (κ2) is 7.11. The van der Waals surface area contributed by atoms with Crippen molar-refractivity contribution >= 4 is 27.5 Å². The molecule has 3 aromatic rings. The minimum absolute atomic E-state index is 0.231. The number of thiazole rings is 1. The summed E-state index contributed by atoms with van der Waals surface area (Å²) >= 11 is 1.47. The third-order valence-electron chi connectivity index (χ3n) is 4.08. The first-order valence-corrected chi connectivity index (χ1v) is 8.80. The van der Waals surface area contributed by atoms with E-state index in [1.807, 2.05) is 48.7 Å². The average molecular weight is 356 g/mol. The molecule has 0 aliphatic rings. The predicted octanol–water partition coefficient (Wildman–Crippen LogP) is 3.79. The van der Waals surface area contributed by atoms with Crippen LogP contribution in [0.25, 0.3) is 10.2 Å². The second-order valence-corrected chi connectivity index (χ2v) is 6.54. The van der Waals surface area contributed by atoms with E-state index in [4.69, 9.17) is 9.47 Å². The third-order valence-corrected chi connectivity index (χ3v) is 5.12. The van der Waals surface area contributed by atoms with E-state index < -0.39 is 0 Å². The molecule has 3 rings (SSSR count). The first kappa shape index (κ1) is 17.2. The summed E-state index contributed by atoms with van der Waals surface area (Å²) in [5.41, 5.74) is 2.52. The fourth-order valence-electron chi connectivity index (χ4n) is 2.75. The summed E-state index contributed by atoms with van der Waals surface area (Å²) in [4.78, 5) is 17.6. The molecule has 5 nitrogen and oxygen atoms in total. The number of nitrogens with zero attached hydrogens (tertiary/aromatic N) is 2. The summed E-state index contributed by atoms with van der Waals surface area (Å²) in [5.74, 6) is 1.09. The van der Waals surface area contributed by atoms with Crippen LogP contribution in [0.2, 0.25) is 0 Å². The van der Waals surface area contributed by atoms with Crippen molar-refractivity contribution in [3.63, 3.8) is 0 Å². The summed E-state index contributed by atoms with van der Waals surface area (Å²) in [6, 6.07) is 11.3. The van der Waals surface area contributed by atoms with Gasteiger partial charge in [0, 0.05) is 24.2 Å². The topological polar surface area (TPSA) is 52.8 Å². The number of aromatic nitrogens is 1. The van der Waals surface area contributed by atoms with Crippen molar-refractivity contribution in [2.75, 3.05) is 14.2 Å². The SMILES string of the molecule is CCn1c(=NC(=O)c2ccccc2C)sc2cc(OC)c(OC)cc21. The number of ether oxygens (including phenoxy) is 2. The van der Waals surface area contributed by atoms with Crippen LogP contribution in [0.5, 0.6) is 11.5 Å². The molecule has 1 heterocycles. The molecule has 0 spiro atoms. The van der Waals surface area contributed by atoms with Gasteiger partial charge in [0.1, 0.15) is 0 Å². The lowest BCUT2D eigenvalue weighted by molar-refractivity contribution is 0.0997. The highest BCUT2D eigenvalue weighted by Crippen LogP contribution is 2.33. The Bertz CT molecular complexity index is 1000. The van der Waals surface area contributed by atoms with Crippen LogP contribution in [-0.2, 0) is 6.54 Å². The Morgan fingerprint density at radius 1 is 1.16 bits per heavy atom. The van der Waals surface area contributed by atoms with Crippen molar-refractivity contribution < 1.29 is 14.3 Å². The van der Waals surface area contributed by atoms with E-state index in [-0.39, 0.29) is 5.91 Å². The Morgan fingerprint density at radius 3 is 2.48 bits per heavy atom.